The minimum atomic E-state index is 0.572. The average molecular weight is 314 g/mol. The van der Waals surface area contributed by atoms with Gasteiger partial charge in [-0.2, -0.15) is 11.8 Å². The lowest BCUT2D eigenvalue weighted by Crippen LogP contribution is -2.26. The van der Waals surface area contributed by atoms with Gasteiger partial charge in [0.25, 0.3) is 0 Å². The summed E-state index contributed by atoms with van der Waals surface area (Å²) in [5, 5.41) is 5.09. The standard InChI is InChI=1S/C15H20ClNO2S/c1-20-12-3-2-11(8-12)17-9-10-6-13(16)15-14(7-10)18-4-5-19-15/h6-7,11-12,17H,2-5,8-9H2,1H3. The van der Waals surface area contributed by atoms with Crippen LogP contribution >= 0.6 is 23.4 Å². The molecule has 0 saturated heterocycles. The number of rotatable bonds is 4. The maximum Gasteiger partial charge on any atom is 0.179 e. The van der Waals surface area contributed by atoms with Crippen LogP contribution in [0.3, 0.4) is 0 Å². The normalized spacial score (nSPS) is 24.9. The first-order chi connectivity index (χ1) is 9.76. The van der Waals surface area contributed by atoms with Crippen LogP contribution in [0.2, 0.25) is 5.02 Å². The van der Waals surface area contributed by atoms with E-state index in [9.17, 15) is 0 Å². The molecule has 1 heterocycles. The molecule has 2 atom stereocenters. The molecule has 0 bridgehead atoms. The molecule has 1 aliphatic heterocycles. The van der Waals surface area contributed by atoms with E-state index in [1.807, 2.05) is 23.9 Å². The number of fused-ring (bicyclic) bond motifs is 1. The third kappa shape index (κ3) is 3.18. The van der Waals surface area contributed by atoms with Gasteiger partial charge in [-0.3, -0.25) is 0 Å². The minimum Gasteiger partial charge on any atom is -0.486 e. The number of hydrogen-bond acceptors (Lipinski definition) is 4. The quantitative estimate of drug-likeness (QED) is 0.922. The Morgan fingerprint density at radius 1 is 1.30 bits per heavy atom. The number of hydrogen-bond donors (Lipinski definition) is 1. The van der Waals surface area contributed by atoms with Crippen LogP contribution < -0.4 is 14.8 Å². The van der Waals surface area contributed by atoms with Crippen LogP contribution in [-0.2, 0) is 6.54 Å². The fraction of sp³-hybridized carbons (Fsp3) is 0.600. The van der Waals surface area contributed by atoms with Crippen molar-refractivity contribution < 1.29 is 9.47 Å². The van der Waals surface area contributed by atoms with Crippen LogP contribution in [-0.4, -0.2) is 30.8 Å². The van der Waals surface area contributed by atoms with Crippen molar-refractivity contribution in [2.45, 2.75) is 37.1 Å². The Kier molecular flexibility index (Phi) is 4.64. The van der Waals surface area contributed by atoms with Crippen molar-refractivity contribution in [2.24, 2.45) is 0 Å². The molecular weight excluding hydrogens is 294 g/mol. The van der Waals surface area contributed by atoms with Gasteiger partial charge in [0.2, 0.25) is 0 Å². The number of halogens is 1. The monoisotopic (exact) mass is 313 g/mol. The second-order valence-corrected chi connectivity index (χ2v) is 6.90. The van der Waals surface area contributed by atoms with E-state index in [0.717, 1.165) is 23.1 Å². The molecular formula is C15H20ClNO2S. The van der Waals surface area contributed by atoms with Gasteiger partial charge >= 0.3 is 0 Å². The smallest absolute Gasteiger partial charge is 0.179 e. The topological polar surface area (TPSA) is 30.5 Å². The zero-order valence-corrected chi connectivity index (χ0v) is 13.2. The summed E-state index contributed by atoms with van der Waals surface area (Å²) in [6.45, 7) is 2.00. The van der Waals surface area contributed by atoms with E-state index in [4.69, 9.17) is 21.1 Å². The second-order valence-electron chi connectivity index (χ2n) is 5.35. The zero-order valence-electron chi connectivity index (χ0n) is 11.7. The van der Waals surface area contributed by atoms with E-state index in [1.54, 1.807) is 0 Å². The highest BCUT2D eigenvalue weighted by molar-refractivity contribution is 7.99. The molecule has 5 heteroatoms. The number of ether oxygens (including phenoxy) is 2. The summed E-state index contributed by atoms with van der Waals surface area (Å²) in [5.74, 6) is 1.46. The Hall–Kier alpha value is -0.580. The van der Waals surface area contributed by atoms with Gasteiger partial charge in [-0.05, 0) is 43.2 Å². The maximum absolute atomic E-state index is 6.25. The highest BCUT2D eigenvalue weighted by Crippen LogP contribution is 2.38. The van der Waals surface area contributed by atoms with Gasteiger partial charge in [0.05, 0.1) is 5.02 Å². The number of thioether (sulfide) groups is 1. The summed E-state index contributed by atoms with van der Waals surface area (Å²) < 4.78 is 11.1. The SMILES string of the molecule is CSC1CCC(NCc2cc(Cl)c3c(c2)OCCO3)C1. The third-order valence-corrected chi connectivity index (χ3v) is 5.34. The van der Waals surface area contributed by atoms with Crippen molar-refractivity contribution in [3.8, 4) is 11.5 Å². The van der Waals surface area contributed by atoms with Crippen molar-refractivity contribution in [3.05, 3.63) is 22.7 Å². The zero-order chi connectivity index (χ0) is 13.9. The van der Waals surface area contributed by atoms with Crippen molar-refractivity contribution in [1.29, 1.82) is 0 Å². The first kappa shape index (κ1) is 14.4. The summed E-state index contributed by atoms with van der Waals surface area (Å²) in [4.78, 5) is 0. The van der Waals surface area contributed by atoms with Crippen molar-refractivity contribution in [1.82, 2.24) is 5.32 Å². The van der Waals surface area contributed by atoms with E-state index >= 15 is 0 Å². The molecule has 1 saturated carbocycles. The van der Waals surface area contributed by atoms with Gasteiger partial charge in [-0.1, -0.05) is 11.6 Å². The molecule has 1 fully saturated rings. The Labute approximate surface area is 129 Å². The maximum atomic E-state index is 6.25. The summed E-state index contributed by atoms with van der Waals surface area (Å²) in [7, 11) is 0. The van der Waals surface area contributed by atoms with Crippen LogP contribution in [0.15, 0.2) is 12.1 Å². The molecule has 3 nitrogen and oxygen atoms in total. The first-order valence-corrected chi connectivity index (χ1v) is 8.77. The molecule has 110 valence electrons. The van der Waals surface area contributed by atoms with Gasteiger partial charge in [0.15, 0.2) is 11.5 Å². The molecule has 1 aromatic rings. The fourth-order valence-electron chi connectivity index (χ4n) is 2.87. The Balaban J connectivity index is 1.62. The second kappa shape index (κ2) is 6.46. The van der Waals surface area contributed by atoms with Gasteiger partial charge in [0.1, 0.15) is 13.2 Å². The highest BCUT2D eigenvalue weighted by Gasteiger charge is 2.23. The molecule has 2 aliphatic rings. The Morgan fingerprint density at radius 3 is 2.95 bits per heavy atom. The minimum absolute atomic E-state index is 0.572. The van der Waals surface area contributed by atoms with E-state index in [1.165, 1.54) is 19.3 Å². The first-order valence-electron chi connectivity index (χ1n) is 7.10. The average Bonchev–Trinajstić information content (AvgIpc) is 2.93. The predicted molar refractivity (Wildman–Crippen MR) is 84.2 cm³/mol. The molecule has 0 radical (unpaired) electrons. The fourth-order valence-corrected chi connectivity index (χ4v) is 3.95. The molecule has 1 N–H and O–H groups in total. The lowest BCUT2D eigenvalue weighted by Gasteiger charge is -2.21. The van der Waals surface area contributed by atoms with Crippen LogP contribution in [0, 0.1) is 0 Å². The third-order valence-electron chi connectivity index (χ3n) is 3.97. The van der Waals surface area contributed by atoms with Gasteiger partial charge in [-0.25, -0.2) is 0 Å². The highest BCUT2D eigenvalue weighted by atomic mass is 35.5. The molecule has 3 rings (SSSR count). The van der Waals surface area contributed by atoms with E-state index in [0.29, 0.717) is 30.0 Å². The summed E-state index contributed by atoms with van der Waals surface area (Å²) >= 11 is 8.23. The van der Waals surface area contributed by atoms with Crippen molar-refractivity contribution >= 4 is 23.4 Å². The largest absolute Gasteiger partial charge is 0.486 e. The van der Waals surface area contributed by atoms with Crippen molar-refractivity contribution in [3.63, 3.8) is 0 Å². The van der Waals surface area contributed by atoms with Crippen LogP contribution in [0.4, 0.5) is 0 Å². The molecule has 1 aromatic carbocycles. The summed E-state index contributed by atoms with van der Waals surface area (Å²) in [6, 6.07) is 4.64. The van der Waals surface area contributed by atoms with Gasteiger partial charge in [0, 0.05) is 17.8 Å². The van der Waals surface area contributed by atoms with E-state index < -0.39 is 0 Å². The Morgan fingerprint density at radius 2 is 2.15 bits per heavy atom. The van der Waals surface area contributed by atoms with Crippen LogP contribution in [0.5, 0.6) is 11.5 Å². The Bertz CT molecular complexity index is 483. The summed E-state index contributed by atoms with van der Waals surface area (Å²) in [5.41, 5.74) is 1.16. The molecule has 0 spiro atoms. The predicted octanol–water partition coefficient (Wildman–Crippen LogP) is 3.48. The number of benzene rings is 1. The van der Waals surface area contributed by atoms with Gasteiger partial charge < -0.3 is 14.8 Å². The summed E-state index contributed by atoms with van der Waals surface area (Å²) in [6.07, 6.45) is 6.05. The molecule has 2 unspecified atom stereocenters. The van der Waals surface area contributed by atoms with Crippen LogP contribution in [0.1, 0.15) is 24.8 Å². The lowest BCUT2D eigenvalue weighted by atomic mass is 10.1. The lowest BCUT2D eigenvalue weighted by molar-refractivity contribution is 0.171. The van der Waals surface area contributed by atoms with Gasteiger partial charge in [-0.15, -0.1) is 0 Å². The van der Waals surface area contributed by atoms with E-state index in [-0.39, 0.29) is 0 Å². The number of nitrogens with one attached hydrogen (secondary N) is 1. The molecule has 1 aliphatic carbocycles. The molecule has 0 amide bonds. The molecule has 0 aromatic heterocycles. The van der Waals surface area contributed by atoms with Crippen LogP contribution in [0.25, 0.3) is 0 Å². The van der Waals surface area contributed by atoms with Crippen molar-refractivity contribution in [2.75, 3.05) is 19.5 Å². The molecule has 20 heavy (non-hydrogen) atoms. The van der Waals surface area contributed by atoms with E-state index in [2.05, 4.69) is 11.6 Å².